The van der Waals surface area contributed by atoms with Crippen LogP contribution in [0.2, 0.25) is 5.02 Å². The number of hydrogen-bond donors (Lipinski definition) is 2. The van der Waals surface area contributed by atoms with Crippen LogP contribution < -0.4 is 19.7 Å². The van der Waals surface area contributed by atoms with Crippen LogP contribution in [0, 0.1) is 0 Å². The number of halogens is 1. The van der Waals surface area contributed by atoms with Gasteiger partial charge in [0.05, 0.1) is 29.7 Å². The van der Waals surface area contributed by atoms with Crippen molar-refractivity contribution in [2.45, 2.75) is 12.6 Å². The van der Waals surface area contributed by atoms with Crippen molar-refractivity contribution < 1.29 is 22.7 Å². The minimum atomic E-state index is -3.71. The van der Waals surface area contributed by atoms with E-state index in [-0.39, 0.29) is 41.7 Å². The average molecular weight is 501 g/mol. The first-order chi connectivity index (χ1) is 16.2. The number of rotatable bonds is 6. The van der Waals surface area contributed by atoms with Gasteiger partial charge in [0.2, 0.25) is 10.0 Å². The second kappa shape index (κ2) is 9.70. The summed E-state index contributed by atoms with van der Waals surface area (Å²) in [7, 11) is -3.71. The largest absolute Gasteiger partial charge is 0.476 e. The molecule has 11 heteroatoms. The van der Waals surface area contributed by atoms with Crippen LogP contribution in [-0.2, 0) is 21.4 Å². The molecule has 2 N–H and O–H groups in total. The molecule has 0 spiro atoms. The lowest BCUT2D eigenvalue weighted by Gasteiger charge is -2.34. The zero-order chi connectivity index (χ0) is 24.3. The first kappa shape index (κ1) is 23.5. The van der Waals surface area contributed by atoms with Crippen LogP contribution in [-0.4, -0.2) is 44.1 Å². The molecule has 0 saturated heterocycles. The molecule has 0 bridgehead atoms. The summed E-state index contributed by atoms with van der Waals surface area (Å²) in [4.78, 5) is 29.8. The zero-order valence-electron chi connectivity index (χ0n) is 18.1. The predicted molar refractivity (Wildman–Crippen MR) is 129 cm³/mol. The molecule has 1 atom stereocenters. The highest BCUT2D eigenvalue weighted by molar-refractivity contribution is 7.92. The van der Waals surface area contributed by atoms with E-state index < -0.39 is 22.0 Å². The average Bonchev–Trinajstić information content (AvgIpc) is 2.82. The van der Waals surface area contributed by atoms with Gasteiger partial charge in [0.1, 0.15) is 5.75 Å². The van der Waals surface area contributed by atoms with E-state index in [0.717, 1.165) is 16.1 Å². The van der Waals surface area contributed by atoms with Gasteiger partial charge in [-0.3, -0.25) is 18.9 Å². The van der Waals surface area contributed by atoms with E-state index in [1.165, 1.54) is 12.1 Å². The molecular formula is C23H21ClN4O5S. The first-order valence-corrected chi connectivity index (χ1v) is 12.5. The molecule has 1 aliphatic rings. The van der Waals surface area contributed by atoms with Crippen molar-refractivity contribution in [3.05, 3.63) is 83.1 Å². The molecule has 1 aliphatic heterocycles. The molecule has 3 aromatic rings. The SMILES string of the molecule is CS(=O)(=O)N1C[C@@H](C(=O)Nc2ccccc2C(=O)NCc2cccnc2)Oc2ccc(Cl)cc21. The van der Waals surface area contributed by atoms with Crippen LogP contribution in [0.4, 0.5) is 11.4 Å². The predicted octanol–water partition coefficient (Wildman–Crippen LogP) is 2.83. The second-order valence-electron chi connectivity index (χ2n) is 7.59. The summed E-state index contributed by atoms with van der Waals surface area (Å²) in [5.41, 5.74) is 1.61. The van der Waals surface area contributed by atoms with Gasteiger partial charge in [-0.05, 0) is 42.0 Å². The third-order valence-corrected chi connectivity index (χ3v) is 6.47. The minimum absolute atomic E-state index is 0.212. The summed E-state index contributed by atoms with van der Waals surface area (Å²) in [5.74, 6) is -0.771. The van der Waals surface area contributed by atoms with Gasteiger partial charge in [-0.2, -0.15) is 0 Å². The molecule has 34 heavy (non-hydrogen) atoms. The van der Waals surface area contributed by atoms with Gasteiger partial charge < -0.3 is 15.4 Å². The number of ether oxygens (including phenoxy) is 1. The Bertz CT molecular complexity index is 1330. The lowest BCUT2D eigenvalue weighted by molar-refractivity contribution is -0.122. The standard InChI is InChI=1S/C23H21ClN4O5S/c1-34(31,32)28-14-21(33-20-9-8-16(24)11-19(20)28)23(30)27-18-7-3-2-6-17(18)22(29)26-13-15-5-4-10-25-12-15/h2-12,21H,13-14H2,1H3,(H,26,29)(H,27,30)/t21-/m0/s1. The number of amides is 2. The van der Waals surface area contributed by atoms with Crippen LogP contribution >= 0.6 is 11.6 Å². The quantitative estimate of drug-likeness (QED) is 0.537. The highest BCUT2D eigenvalue weighted by Gasteiger charge is 2.35. The molecule has 2 aromatic carbocycles. The Kier molecular flexibility index (Phi) is 6.71. The second-order valence-corrected chi connectivity index (χ2v) is 9.93. The smallest absolute Gasteiger partial charge is 0.267 e. The fourth-order valence-electron chi connectivity index (χ4n) is 3.46. The van der Waals surface area contributed by atoms with Crippen LogP contribution in [0.5, 0.6) is 5.75 Å². The topological polar surface area (TPSA) is 118 Å². The van der Waals surface area contributed by atoms with E-state index in [9.17, 15) is 18.0 Å². The van der Waals surface area contributed by atoms with Crippen molar-refractivity contribution in [1.82, 2.24) is 10.3 Å². The number of benzene rings is 2. The first-order valence-electron chi connectivity index (χ1n) is 10.2. The summed E-state index contributed by atoms with van der Waals surface area (Å²) >= 11 is 6.01. The summed E-state index contributed by atoms with van der Waals surface area (Å²) in [5, 5.41) is 5.82. The van der Waals surface area contributed by atoms with Gasteiger partial charge in [0.15, 0.2) is 6.10 Å². The Labute approximate surface area is 201 Å². The molecule has 0 saturated carbocycles. The van der Waals surface area contributed by atoms with Crippen molar-refractivity contribution in [2.24, 2.45) is 0 Å². The van der Waals surface area contributed by atoms with Crippen LogP contribution in [0.3, 0.4) is 0 Å². The molecule has 9 nitrogen and oxygen atoms in total. The number of nitrogens with one attached hydrogen (secondary N) is 2. The van der Waals surface area contributed by atoms with Crippen molar-refractivity contribution in [2.75, 3.05) is 22.4 Å². The fourth-order valence-corrected chi connectivity index (χ4v) is 4.53. The maximum Gasteiger partial charge on any atom is 0.267 e. The highest BCUT2D eigenvalue weighted by Crippen LogP contribution is 2.37. The van der Waals surface area contributed by atoms with Crippen LogP contribution in [0.1, 0.15) is 15.9 Å². The van der Waals surface area contributed by atoms with E-state index in [1.54, 1.807) is 48.8 Å². The molecule has 2 heterocycles. The van der Waals surface area contributed by atoms with E-state index in [2.05, 4.69) is 15.6 Å². The van der Waals surface area contributed by atoms with Crippen LogP contribution in [0.15, 0.2) is 67.0 Å². The van der Waals surface area contributed by atoms with E-state index in [0.29, 0.717) is 5.02 Å². The normalized spacial score (nSPS) is 15.1. The number of pyridine rings is 1. The third kappa shape index (κ3) is 5.29. The number of sulfonamides is 1. The Balaban J connectivity index is 1.52. The maximum absolute atomic E-state index is 13.0. The van der Waals surface area contributed by atoms with Crippen LogP contribution in [0.25, 0.3) is 0 Å². The molecular weight excluding hydrogens is 480 g/mol. The Hall–Kier alpha value is -3.63. The summed E-state index contributed by atoms with van der Waals surface area (Å²) in [6.45, 7) is 0.0245. The number of para-hydroxylation sites is 1. The van der Waals surface area contributed by atoms with E-state index in [4.69, 9.17) is 16.3 Å². The van der Waals surface area contributed by atoms with E-state index >= 15 is 0 Å². The van der Waals surface area contributed by atoms with Gasteiger partial charge in [-0.1, -0.05) is 29.8 Å². The summed E-state index contributed by atoms with van der Waals surface area (Å²) in [6.07, 6.45) is 3.18. The van der Waals surface area contributed by atoms with Gasteiger partial charge in [0.25, 0.3) is 11.8 Å². The van der Waals surface area contributed by atoms with Gasteiger partial charge in [-0.15, -0.1) is 0 Å². The Morgan fingerprint density at radius 2 is 1.97 bits per heavy atom. The molecule has 0 fully saturated rings. The van der Waals surface area contributed by atoms with Gasteiger partial charge in [0, 0.05) is 24.0 Å². The minimum Gasteiger partial charge on any atom is -0.476 e. The van der Waals surface area contributed by atoms with Crippen molar-refractivity contribution >= 4 is 44.8 Å². The number of fused-ring (bicyclic) bond motifs is 1. The third-order valence-electron chi connectivity index (χ3n) is 5.09. The molecule has 176 valence electrons. The number of aromatic nitrogens is 1. The molecule has 4 rings (SSSR count). The lowest BCUT2D eigenvalue weighted by Crippen LogP contribution is -2.48. The molecule has 2 amide bonds. The van der Waals surface area contributed by atoms with Crippen molar-refractivity contribution in [1.29, 1.82) is 0 Å². The van der Waals surface area contributed by atoms with Gasteiger partial charge >= 0.3 is 0 Å². The molecule has 0 aliphatic carbocycles. The van der Waals surface area contributed by atoms with E-state index in [1.807, 2.05) is 6.07 Å². The highest BCUT2D eigenvalue weighted by atomic mass is 35.5. The summed E-state index contributed by atoms with van der Waals surface area (Å²) < 4.78 is 31.6. The monoisotopic (exact) mass is 500 g/mol. The Morgan fingerprint density at radius 3 is 2.71 bits per heavy atom. The number of carbonyl (C=O) groups excluding carboxylic acids is 2. The Morgan fingerprint density at radius 1 is 1.18 bits per heavy atom. The number of nitrogens with zero attached hydrogens (tertiary/aromatic N) is 2. The molecule has 1 aromatic heterocycles. The zero-order valence-corrected chi connectivity index (χ0v) is 19.6. The lowest BCUT2D eigenvalue weighted by atomic mass is 10.1. The van der Waals surface area contributed by atoms with Crippen molar-refractivity contribution in [3.8, 4) is 5.75 Å². The number of hydrogen-bond acceptors (Lipinski definition) is 6. The number of anilines is 2. The molecule has 0 radical (unpaired) electrons. The van der Waals surface area contributed by atoms with Gasteiger partial charge in [-0.25, -0.2) is 8.42 Å². The molecule has 0 unspecified atom stereocenters. The maximum atomic E-state index is 13.0. The van der Waals surface area contributed by atoms with Crippen molar-refractivity contribution in [3.63, 3.8) is 0 Å². The number of carbonyl (C=O) groups is 2. The fraction of sp³-hybridized carbons (Fsp3) is 0.174. The summed E-state index contributed by atoms with van der Waals surface area (Å²) in [6, 6.07) is 14.6.